The molecule has 0 unspecified atom stereocenters. The molecule has 6 aromatic heterocycles. The van der Waals surface area contributed by atoms with E-state index in [1.165, 1.54) is 28.4 Å². The van der Waals surface area contributed by atoms with Crippen molar-refractivity contribution in [3.63, 3.8) is 0 Å². The number of methoxy groups -OCH3 is 4. The Bertz CT molecular complexity index is 4440. The summed E-state index contributed by atoms with van der Waals surface area (Å²) in [5.41, 5.74) is 26.4. The molecule has 92 heavy (non-hydrogen) atoms. The van der Waals surface area contributed by atoms with Gasteiger partial charge >= 0.3 is 62.8 Å². The van der Waals surface area contributed by atoms with Crippen LogP contribution in [0.5, 0.6) is 0 Å². The van der Waals surface area contributed by atoms with E-state index >= 15 is 0 Å². The summed E-state index contributed by atoms with van der Waals surface area (Å²) >= 11 is 0. The quantitative estimate of drug-likeness (QED) is 0.0500. The zero-order chi connectivity index (χ0) is 63.7. The van der Waals surface area contributed by atoms with Gasteiger partial charge < -0.3 is 38.9 Å². The fraction of sp³-hybridized carbons (Fsp3) is 0.270. The molecule has 11 rings (SSSR count). The number of rotatable bonds is 16. The van der Waals surface area contributed by atoms with Gasteiger partial charge in [0.15, 0.2) is 0 Å². The van der Waals surface area contributed by atoms with Crippen LogP contribution >= 0.6 is 0 Å². The van der Waals surface area contributed by atoms with E-state index in [-0.39, 0.29) is 88.5 Å². The number of fused-ring (bicyclic) bond motifs is 16. The van der Waals surface area contributed by atoms with Crippen LogP contribution in [0.15, 0.2) is 72.8 Å². The molecule has 0 atom stereocenters. The van der Waals surface area contributed by atoms with E-state index in [1.807, 2.05) is 102 Å². The molecule has 0 aliphatic carbocycles. The average Bonchev–Trinajstić information content (AvgIpc) is 1.67. The van der Waals surface area contributed by atoms with Gasteiger partial charge in [-0.2, -0.15) is 0 Å². The second-order valence-electron chi connectivity index (χ2n) is 23.0. The summed E-state index contributed by atoms with van der Waals surface area (Å²) in [6, 6.07) is 24.1. The van der Waals surface area contributed by atoms with E-state index in [4.69, 9.17) is 58.8 Å². The van der Waals surface area contributed by atoms with E-state index in [2.05, 4.69) is 62.4 Å². The van der Waals surface area contributed by atoms with Gasteiger partial charge in [0, 0.05) is 25.7 Å². The molecular weight excluding hydrogens is 1260 g/mol. The first-order valence-corrected chi connectivity index (χ1v) is 30.1. The molecule has 0 fully saturated rings. The van der Waals surface area contributed by atoms with Gasteiger partial charge in [0.1, 0.15) is 0 Å². The van der Waals surface area contributed by atoms with Crippen molar-refractivity contribution < 1.29 is 77.1 Å². The number of carbonyl (C=O) groups excluding carboxylic acids is 4. The first-order chi connectivity index (χ1) is 43.3. The normalized spacial score (nSPS) is 12.9. The minimum atomic E-state index is -0.331. The zero-order valence-electron chi connectivity index (χ0n) is 54.3. The van der Waals surface area contributed by atoms with Crippen LogP contribution in [-0.4, -0.2) is 72.3 Å². The molecule has 10 heterocycles. The van der Waals surface area contributed by atoms with Gasteiger partial charge in [0.05, 0.1) is 74.0 Å². The van der Waals surface area contributed by atoms with Crippen molar-refractivity contribution in [2.45, 2.75) is 107 Å². The number of allylic oxidation sites excluding steroid dienone is 6. The van der Waals surface area contributed by atoms with Gasteiger partial charge in [0.2, 0.25) is 0 Å². The Hall–Kier alpha value is -8.97. The fourth-order valence-corrected chi connectivity index (χ4v) is 12.0. The van der Waals surface area contributed by atoms with Crippen molar-refractivity contribution in [1.29, 1.82) is 0 Å². The van der Waals surface area contributed by atoms with Crippen molar-refractivity contribution in [2.24, 2.45) is 0 Å². The monoisotopic (exact) mass is 1330 g/mol. The smallest absolute Gasteiger partial charge is 0.657 e. The Morgan fingerprint density at radius 1 is 0.380 bits per heavy atom. The van der Waals surface area contributed by atoms with Crippen LogP contribution in [0, 0.1) is 27.7 Å². The first kappa shape index (κ1) is 67.4. The summed E-state index contributed by atoms with van der Waals surface area (Å²) < 4.78 is 20.3. The number of hydrogen-bond donors (Lipinski definition) is 0. The molecule has 16 nitrogen and oxygen atoms in total. The molecule has 0 radical (unpaired) electrons. The topological polar surface area (TPSA) is 213 Å². The molecular formula is C74H70N8O8Zn2. The van der Waals surface area contributed by atoms with Crippen LogP contribution in [-0.2, 0) is 89.9 Å². The zero-order valence-corrected chi connectivity index (χ0v) is 60.2. The minimum Gasteiger partial charge on any atom is -0.657 e. The van der Waals surface area contributed by atoms with E-state index in [0.717, 1.165) is 134 Å². The van der Waals surface area contributed by atoms with Gasteiger partial charge in [-0.25, -0.2) is 19.9 Å². The molecule has 4 aliphatic rings. The van der Waals surface area contributed by atoms with E-state index in [9.17, 15) is 19.2 Å². The van der Waals surface area contributed by atoms with E-state index in [1.54, 1.807) is 0 Å². The molecule has 18 heteroatoms. The number of benzene rings is 1. The Labute approximate surface area is 560 Å². The average molecular weight is 1330 g/mol. The third-order valence-corrected chi connectivity index (χ3v) is 17.5. The number of esters is 4. The summed E-state index contributed by atoms with van der Waals surface area (Å²) in [6.07, 6.45) is 14.8. The SMILES string of the molecule is COC(=O)CCC1=C(C)c2cc3[n-]c(cc4nc(cc5[n-]c(cc1n2)c(CCC(=O)OC)c5C)C(C)=C4)c(C)c3/C=C/c1ccccc1/C=C/c1c(C)c2cc3nc(cc4[n-]c(cc5nc(cc1[n-]2)C(C)=C5CCC(=O)OC)c(CCC(=O)OC)c4C)C(C)=C3.[Zn+2].[Zn+2]. The van der Waals surface area contributed by atoms with Crippen molar-refractivity contribution in [3.05, 3.63) is 174 Å². The van der Waals surface area contributed by atoms with Crippen molar-refractivity contribution in [3.8, 4) is 0 Å². The number of hydrogen-bond acceptors (Lipinski definition) is 12. The van der Waals surface area contributed by atoms with Crippen molar-refractivity contribution in [1.82, 2.24) is 39.9 Å². The Kier molecular flexibility index (Phi) is 21.0. The predicted octanol–water partition coefficient (Wildman–Crippen LogP) is 14.1. The summed E-state index contributed by atoms with van der Waals surface area (Å²) in [5.74, 6) is -1.30. The molecule has 4 aliphatic heterocycles. The second kappa shape index (κ2) is 28.7. The van der Waals surface area contributed by atoms with Crippen LogP contribution in [0.4, 0.5) is 0 Å². The second-order valence-corrected chi connectivity index (χ2v) is 23.0. The van der Waals surface area contributed by atoms with Crippen molar-refractivity contribution in [2.75, 3.05) is 28.4 Å². The Balaban J connectivity index is 0.00000500. The Morgan fingerprint density at radius 2 is 0.707 bits per heavy atom. The van der Waals surface area contributed by atoms with Gasteiger partial charge in [-0.15, -0.1) is 44.1 Å². The van der Waals surface area contributed by atoms with Gasteiger partial charge in [-0.3, -0.25) is 19.2 Å². The maximum Gasteiger partial charge on any atom is 2.00 e. The number of ether oxygens (including phenoxy) is 4. The maximum atomic E-state index is 12.7. The van der Waals surface area contributed by atoms with Crippen LogP contribution in [0.2, 0.25) is 0 Å². The van der Waals surface area contributed by atoms with Gasteiger partial charge in [0.25, 0.3) is 0 Å². The summed E-state index contributed by atoms with van der Waals surface area (Å²) in [5, 5.41) is 0. The molecule has 1 aromatic carbocycles. The number of carbonyl (C=O) groups is 4. The third-order valence-electron chi connectivity index (χ3n) is 17.5. The number of aromatic nitrogens is 8. The van der Waals surface area contributed by atoms with Gasteiger partial charge in [-0.1, -0.05) is 130 Å². The van der Waals surface area contributed by atoms with Crippen LogP contribution in [0.25, 0.3) is 114 Å². The number of nitrogens with zero attached hydrogens (tertiary/aromatic N) is 8. The first-order valence-electron chi connectivity index (χ1n) is 30.1. The van der Waals surface area contributed by atoms with E-state index < -0.39 is 0 Å². The molecule has 458 valence electrons. The van der Waals surface area contributed by atoms with Crippen LogP contribution < -0.4 is 19.9 Å². The number of aryl methyl sites for hydroxylation is 6. The standard InChI is InChI=1S/C74H70N8O8.2Zn/c1-39-29-49-31-59-41(3)51(65(77-59)35-63-45(7)55(23-27-73(85)89-11)69(81-63)37-67-53(21-25-71(83)87-9)43(5)61(79-67)33-57(39)75-49)19-17-47-15-13-14-16-48(47)18-20-52-42(4)60-32-50-30-40(2)58(76-50)34-62-44(6)54(22-26-72(84)88-10)68(80-62)38-70-56(24-28-74(86)90-12)46(8)64(82-70)36-66(52)78-60;;/h13-20,29-38H,21-28H2,1-12H3;;/q-4;2*+2. The minimum absolute atomic E-state index is 0. The molecule has 0 saturated carbocycles. The fourth-order valence-electron chi connectivity index (χ4n) is 12.0. The molecule has 16 bridgehead atoms. The third kappa shape index (κ3) is 14.1. The van der Waals surface area contributed by atoms with E-state index in [0.29, 0.717) is 70.5 Å². The van der Waals surface area contributed by atoms with Crippen LogP contribution in [0.1, 0.15) is 167 Å². The maximum absolute atomic E-state index is 12.7. The Morgan fingerprint density at radius 3 is 1.08 bits per heavy atom. The predicted molar refractivity (Wildman–Crippen MR) is 356 cm³/mol. The summed E-state index contributed by atoms with van der Waals surface area (Å²) in [4.78, 5) is 91.9. The molecule has 0 amide bonds. The van der Waals surface area contributed by atoms with Crippen LogP contribution in [0.3, 0.4) is 0 Å². The van der Waals surface area contributed by atoms with Crippen molar-refractivity contribution >= 4 is 138 Å². The van der Waals surface area contributed by atoms with Gasteiger partial charge in [-0.05, 0) is 149 Å². The molecule has 0 spiro atoms. The summed E-state index contributed by atoms with van der Waals surface area (Å²) in [7, 11) is 5.55. The largest absolute Gasteiger partial charge is 2.00 e. The summed E-state index contributed by atoms with van der Waals surface area (Å²) in [6.45, 7) is 16.3. The molecule has 7 aromatic rings. The molecule has 0 saturated heterocycles. The molecule has 0 N–H and O–H groups in total.